The van der Waals surface area contributed by atoms with Crippen molar-refractivity contribution in [2.45, 2.75) is 13.2 Å². The molecule has 108 valence electrons. The molecule has 0 amide bonds. The maximum absolute atomic E-state index is 5.22. The summed E-state index contributed by atoms with van der Waals surface area (Å²) in [6.45, 7) is 1.27. The maximum atomic E-state index is 5.22. The van der Waals surface area contributed by atoms with E-state index in [4.69, 9.17) is 4.74 Å². The Hall–Kier alpha value is -1.92. The number of ether oxygens (including phenoxy) is 1. The second kappa shape index (κ2) is 6.24. The number of hydrogen-bond acceptors (Lipinski definition) is 4. The molecule has 0 aliphatic rings. The van der Waals surface area contributed by atoms with Crippen molar-refractivity contribution in [1.29, 1.82) is 0 Å². The zero-order valence-corrected chi connectivity index (χ0v) is 13.2. The number of aromatic nitrogens is 3. The van der Waals surface area contributed by atoms with Crippen LogP contribution in [0, 0.1) is 0 Å². The monoisotopic (exact) mass is 346 g/mol. The van der Waals surface area contributed by atoms with Crippen LogP contribution in [0.1, 0.15) is 11.3 Å². The first kappa shape index (κ1) is 14.0. The SMILES string of the molecule is COCc1ccccc1NCc1cnc2cnc(Br)cn12. The normalized spacial score (nSPS) is 11.0. The fourth-order valence-corrected chi connectivity index (χ4v) is 2.51. The van der Waals surface area contributed by atoms with Gasteiger partial charge in [-0.25, -0.2) is 9.97 Å². The van der Waals surface area contributed by atoms with Crippen LogP contribution in [-0.2, 0) is 17.9 Å². The first-order valence-electron chi connectivity index (χ1n) is 6.56. The number of halogens is 1. The molecule has 0 aliphatic heterocycles. The van der Waals surface area contributed by atoms with Crippen molar-refractivity contribution in [2.75, 3.05) is 12.4 Å². The first-order chi connectivity index (χ1) is 10.3. The number of methoxy groups -OCH3 is 1. The average molecular weight is 347 g/mol. The minimum atomic E-state index is 0.589. The molecule has 0 bridgehead atoms. The summed E-state index contributed by atoms with van der Waals surface area (Å²) in [4.78, 5) is 8.52. The number of nitrogens with one attached hydrogen (secondary N) is 1. The zero-order valence-electron chi connectivity index (χ0n) is 11.6. The fraction of sp³-hybridized carbons (Fsp3) is 0.200. The lowest BCUT2D eigenvalue weighted by atomic mass is 10.2. The Kier molecular flexibility index (Phi) is 4.17. The third kappa shape index (κ3) is 3.06. The Bertz CT molecular complexity index is 756. The van der Waals surface area contributed by atoms with E-state index in [-0.39, 0.29) is 0 Å². The highest BCUT2D eigenvalue weighted by atomic mass is 79.9. The Balaban J connectivity index is 1.82. The van der Waals surface area contributed by atoms with Crippen molar-refractivity contribution in [2.24, 2.45) is 0 Å². The zero-order chi connectivity index (χ0) is 14.7. The highest BCUT2D eigenvalue weighted by molar-refractivity contribution is 9.10. The molecule has 0 unspecified atom stereocenters. The van der Waals surface area contributed by atoms with E-state index in [0.717, 1.165) is 27.2 Å². The molecule has 0 atom stereocenters. The van der Waals surface area contributed by atoms with Crippen LogP contribution in [0.25, 0.3) is 5.65 Å². The van der Waals surface area contributed by atoms with Gasteiger partial charge in [-0.05, 0) is 22.0 Å². The smallest absolute Gasteiger partial charge is 0.155 e. The highest BCUT2D eigenvalue weighted by Crippen LogP contribution is 2.18. The van der Waals surface area contributed by atoms with Gasteiger partial charge in [0.05, 0.1) is 31.2 Å². The van der Waals surface area contributed by atoms with Crippen LogP contribution in [0.2, 0.25) is 0 Å². The van der Waals surface area contributed by atoms with Crippen molar-refractivity contribution in [1.82, 2.24) is 14.4 Å². The standard InChI is InChI=1S/C15H15BrN4O/c1-21-10-11-4-2-3-5-13(11)17-6-12-7-19-15-8-18-14(16)9-20(12)15/h2-5,7-9,17H,6,10H2,1H3. The molecule has 3 rings (SSSR count). The van der Waals surface area contributed by atoms with E-state index in [2.05, 4.69) is 43.3 Å². The number of anilines is 1. The molecule has 0 spiro atoms. The van der Waals surface area contributed by atoms with E-state index < -0.39 is 0 Å². The van der Waals surface area contributed by atoms with Crippen molar-refractivity contribution in [3.63, 3.8) is 0 Å². The van der Waals surface area contributed by atoms with Gasteiger partial charge in [-0.15, -0.1) is 0 Å². The van der Waals surface area contributed by atoms with Crippen molar-refractivity contribution in [3.8, 4) is 0 Å². The highest BCUT2D eigenvalue weighted by Gasteiger charge is 2.06. The molecular formula is C15H15BrN4O. The largest absolute Gasteiger partial charge is 0.380 e. The molecule has 5 nitrogen and oxygen atoms in total. The predicted octanol–water partition coefficient (Wildman–Crippen LogP) is 3.25. The van der Waals surface area contributed by atoms with E-state index >= 15 is 0 Å². The third-order valence-electron chi connectivity index (χ3n) is 3.22. The molecule has 0 saturated carbocycles. The molecule has 6 heteroatoms. The maximum Gasteiger partial charge on any atom is 0.155 e. The predicted molar refractivity (Wildman–Crippen MR) is 85.2 cm³/mol. The van der Waals surface area contributed by atoms with Gasteiger partial charge in [-0.2, -0.15) is 0 Å². The van der Waals surface area contributed by atoms with Crippen molar-refractivity contribution in [3.05, 3.63) is 58.7 Å². The number of para-hydroxylation sites is 1. The van der Waals surface area contributed by atoms with Crippen LogP contribution in [0.15, 0.2) is 47.5 Å². The molecule has 1 aromatic carbocycles. The van der Waals surface area contributed by atoms with E-state index in [1.807, 2.05) is 28.9 Å². The van der Waals surface area contributed by atoms with E-state index in [0.29, 0.717) is 13.2 Å². The second-order valence-corrected chi connectivity index (χ2v) is 5.44. The van der Waals surface area contributed by atoms with Gasteiger partial charge in [0, 0.05) is 24.6 Å². The molecule has 3 aromatic rings. The van der Waals surface area contributed by atoms with Gasteiger partial charge in [-0.1, -0.05) is 18.2 Å². The molecule has 0 radical (unpaired) electrons. The van der Waals surface area contributed by atoms with Crippen LogP contribution in [0.5, 0.6) is 0 Å². The lowest BCUT2D eigenvalue weighted by Gasteiger charge is -2.11. The molecular weight excluding hydrogens is 332 g/mol. The van der Waals surface area contributed by atoms with Crippen LogP contribution in [0.4, 0.5) is 5.69 Å². The van der Waals surface area contributed by atoms with E-state index in [9.17, 15) is 0 Å². The Morgan fingerprint density at radius 1 is 1.24 bits per heavy atom. The molecule has 0 saturated heterocycles. The molecule has 0 fully saturated rings. The molecule has 2 heterocycles. The third-order valence-corrected chi connectivity index (χ3v) is 3.63. The molecule has 21 heavy (non-hydrogen) atoms. The Labute approximate surface area is 131 Å². The Morgan fingerprint density at radius 3 is 2.95 bits per heavy atom. The summed E-state index contributed by atoms with van der Waals surface area (Å²) >= 11 is 3.38. The summed E-state index contributed by atoms with van der Waals surface area (Å²) in [5.41, 5.74) is 4.11. The Morgan fingerprint density at radius 2 is 2.10 bits per heavy atom. The lowest BCUT2D eigenvalue weighted by molar-refractivity contribution is 0.185. The second-order valence-electron chi connectivity index (χ2n) is 4.63. The average Bonchev–Trinajstić information content (AvgIpc) is 2.89. The van der Waals surface area contributed by atoms with E-state index in [1.165, 1.54) is 0 Å². The number of fused-ring (bicyclic) bond motifs is 1. The summed E-state index contributed by atoms with van der Waals surface area (Å²) in [6, 6.07) is 8.13. The van der Waals surface area contributed by atoms with Gasteiger partial charge in [0.2, 0.25) is 0 Å². The quantitative estimate of drug-likeness (QED) is 0.770. The summed E-state index contributed by atoms with van der Waals surface area (Å²) in [6.07, 6.45) is 5.52. The number of benzene rings is 1. The van der Waals surface area contributed by atoms with Crippen molar-refractivity contribution < 1.29 is 4.74 Å². The van der Waals surface area contributed by atoms with Gasteiger partial charge in [0.25, 0.3) is 0 Å². The van der Waals surface area contributed by atoms with E-state index in [1.54, 1.807) is 13.3 Å². The van der Waals surface area contributed by atoms with Crippen LogP contribution >= 0.6 is 15.9 Å². The van der Waals surface area contributed by atoms with Gasteiger partial charge in [0.1, 0.15) is 4.60 Å². The molecule has 1 N–H and O–H groups in total. The fourth-order valence-electron chi connectivity index (χ4n) is 2.21. The summed E-state index contributed by atoms with van der Waals surface area (Å²) < 4.78 is 8.02. The number of imidazole rings is 1. The van der Waals surface area contributed by atoms with Crippen LogP contribution in [0.3, 0.4) is 0 Å². The number of nitrogens with zero attached hydrogens (tertiary/aromatic N) is 3. The van der Waals surface area contributed by atoms with Crippen LogP contribution < -0.4 is 5.32 Å². The summed E-state index contributed by atoms with van der Waals surface area (Å²) in [5.74, 6) is 0. The minimum Gasteiger partial charge on any atom is -0.380 e. The minimum absolute atomic E-state index is 0.589. The topological polar surface area (TPSA) is 51.5 Å². The number of hydrogen-bond donors (Lipinski definition) is 1. The van der Waals surface area contributed by atoms with Crippen molar-refractivity contribution >= 4 is 27.3 Å². The molecule has 0 aliphatic carbocycles. The molecule has 2 aromatic heterocycles. The van der Waals surface area contributed by atoms with Gasteiger partial charge in [-0.3, -0.25) is 4.40 Å². The summed E-state index contributed by atoms with van der Waals surface area (Å²) in [5, 5.41) is 3.44. The van der Waals surface area contributed by atoms with Gasteiger partial charge >= 0.3 is 0 Å². The van der Waals surface area contributed by atoms with Crippen LogP contribution in [-0.4, -0.2) is 21.5 Å². The summed E-state index contributed by atoms with van der Waals surface area (Å²) in [7, 11) is 1.70. The number of rotatable bonds is 5. The lowest BCUT2D eigenvalue weighted by Crippen LogP contribution is -2.05. The first-order valence-corrected chi connectivity index (χ1v) is 7.35. The van der Waals surface area contributed by atoms with Gasteiger partial charge in [0.15, 0.2) is 5.65 Å². The van der Waals surface area contributed by atoms with Gasteiger partial charge < -0.3 is 10.1 Å².